The molecular formula is C19H24FN3O2. The molecule has 1 saturated heterocycles. The highest BCUT2D eigenvalue weighted by Gasteiger charge is 2.38. The molecule has 1 aromatic heterocycles. The van der Waals surface area contributed by atoms with Crippen LogP contribution in [0.15, 0.2) is 30.3 Å². The van der Waals surface area contributed by atoms with Crippen LogP contribution in [0, 0.1) is 5.82 Å². The van der Waals surface area contributed by atoms with Crippen molar-refractivity contribution in [2.45, 2.75) is 57.7 Å². The van der Waals surface area contributed by atoms with Crippen LogP contribution in [-0.2, 0) is 0 Å². The molecule has 1 aliphatic rings. The van der Waals surface area contributed by atoms with E-state index in [9.17, 15) is 9.50 Å². The van der Waals surface area contributed by atoms with Crippen molar-refractivity contribution in [3.05, 3.63) is 36.1 Å². The Kier molecular flexibility index (Phi) is 4.41. The van der Waals surface area contributed by atoms with Gasteiger partial charge in [0.05, 0.1) is 11.3 Å². The molecular weight excluding hydrogens is 321 g/mol. The number of hydrogen-bond acceptors (Lipinski definition) is 5. The summed E-state index contributed by atoms with van der Waals surface area (Å²) >= 11 is 0. The Morgan fingerprint density at radius 3 is 2.32 bits per heavy atom. The summed E-state index contributed by atoms with van der Waals surface area (Å²) in [4.78, 5) is 0. The molecule has 2 N–H and O–H groups in total. The van der Waals surface area contributed by atoms with Gasteiger partial charge in [-0.05, 0) is 45.9 Å². The fraction of sp³-hybridized carbons (Fsp3) is 0.474. The van der Waals surface area contributed by atoms with Crippen molar-refractivity contribution in [2.24, 2.45) is 0 Å². The van der Waals surface area contributed by atoms with Gasteiger partial charge in [-0.2, -0.15) is 0 Å². The van der Waals surface area contributed by atoms with Crippen LogP contribution >= 0.6 is 0 Å². The normalized spacial score (nSPS) is 19.6. The topological polar surface area (TPSA) is 67.3 Å². The number of hydrogen-bond donors (Lipinski definition) is 2. The molecule has 2 aromatic rings. The number of ether oxygens (including phenoxy) is 1. The van der Waals surface area contributed by atoms with Gasteiger partial charge in [-0.3, -0.25) is 0 Å². The van der Waals surface area contributed by atoms with Gasteiger partial charge in [0, 0.05) is 30.0 Å². The first kappa shape index (κ1) is 17.6. The van der Waals surface area contributed by atoms with Gasteiger partial charge in [0.2, 0.25) is 5.88 Å². The van der Waals surface area contributed by atoms with Crippen LogP contribution in [0.2, 0.25) is 0 Å². The highest BCUT2D eigenvalue weighted by molar-refractivity contribution is 5.66. The third-order valence-electron chi connectivity index (χ3n) is 4.33. The Balaban J connectivity index is 1.77. The van der Waals surface area contributed by atoms with E-state index in [1.54, 1.807) is 12.1 Å². The maximum absolute atomic E-state index is 13.9. The molecule has 1 fully saturated rings. The lowest BCUT2D eigenvalue weighted by molar-refractivity contribution is 0.0524. The Morgan fingerprint density at radius 1 is 1.08 bits per heavy atom. The number of nitrogens with one attached hydrogen (secondary N) is 1. The third-order valence-corrected chi connectivity index (χ3v) is 4.33. The van der Waals surface area contributed by atoms with Gasteiger partial charge in [0.25, 0.3) is 0 Å². The number of phenols is 1. The van der Waals surface area contributed by atoms with Gasteiger partial charge in [-0.15, -0.1) is 10.2 Å². The smallest absolute Gasteiger partial charge is 0.233 e. The lowest BCUT2D eigenvalue weighted by atomic mass is 9.81. The summed E-state index contributed by atoms with van der Waals surface area (Å²) < 4.78 is 19.9. The van der Waals surface area contributed by atoms with E-state index in [1.165, 1.54) is 18.2 Å². The lowest BCUT2D eigenvalue weighted by Gasteiger charge is -2.46. The molecule has 134 valence electrons. The molecule has 5 nitrogen and oxygen atoms in total. The minimum absolute atomic E-state index is 0.0215. The quantitative estimate of drug-likeness (QED) is 0.888. The molecule has 0 radical (unpaired) electrons. The van der Waals surface area contributed by atoms with Gasteiger partial charge < -0.3 is 15.2 Å². The number of aromatic nitrogens is 2. The molecule has 1 aliphatic heterocycles. The third kappa shape index (κ3) is 4.07. The standard InChI is InChI=1S/C19H24FN3O2/c1-18(2)10-12(11-19(3,4)23-18)25-16-9-8-14(21-22-16)17-13(20)6-5-7-15(17)24/h5-9,12,23-24H,10-11H2,1-4H3. The molecule has 0 aliphatic carbocycles. The van der Waals surface area contributed by atoms with E-state index in [0.29, 0.717) is 5.88 Å². The summed E-state index contributed by atoms with van der Waals surface area (Å²) in [7, 11) is 0. The summed E-state index contributed by atoms with van der Waals surface area (Å²) in [5.41, 5.74) is 0.261. The van der Waals surface area contributed by atoms with E-state index >= 15 is 0 Å². The number of benzene rings is 1. The molecule has 0 spiro atoms. The summed E-state index contributed by atoms with van der Waals surface area (Å²) in [5.74, 6) is -0.298. The van der Waals surface area contributed by atoms with Crippen LogP contribution in [0.5, 0.6) is 11.6 Å². The summed E-state index contributed by atoms with van der Waals surface area (Å²) in [6, 6.07) is 7.41. The first-order chi connectivity index (χ1) is 11.7. The molecule has 0 bridgehead atoms. The van der Waals surface area contributed by atoms with Crippen molar-refractivity contribution in [2.75, 3.05) is 0 Å². The number of rotatable bonds is 3. The zero-order valence-electron chi connectivity index (χ0n) is 15.0. The Hall–Kier alpha value is -2.21. The molecule has 2 heterocycles. The Morgan fingerprint density at radius 2 is 1.76 bits per heavy atom. The first-order valence-corrected chi connectivity index (χ1v) is 8.43. The average molecular weight is 345 g/mol. The van der Waals surface area contributed by atoms with Crippen molar-refractivity contribution in [3.8, 4) is 22.9 Å². The maximum atomic E-state index is 13.9. The minimum Gasteiger partial charge on any atom is -0.507 e. The second-order valence-corrected chi connectivity index (χ2v) is 7.93. The molecule has 3 rings (SSSR count). The largest absolute Gasteiger partial charge is 0.507 e. The van der Waals surface area contributed by atoms with Crippen LogP contribution in [-0.4, -0.2) is 32.5 Å². The number of nitrogens with zero attached hydrogens (tertiary/aromatic N) is 2. The van der Waals surface area contributed by atoms with Gasteiger partial charge in [-0.1, -0.05) is 6.07 Å². The zero-order valence-corrected chi connectivity index (χ0v) is 15.0. The van der Waals surface area contributed by atoms with E-state index in [-0.39, 0.29) is 34.2 Å². The number of piperidine rings is 1. The predicted molar refractivity (Wildman–Crippen MR) is 94.0 cm³/mol. The predicted octanol–water partition coefficient (Wildman–Crippen LogP) is 3.68. The van der Waals surface area contributed by atoms with Gasteiger partial charge in [0.15, 0.2) is 0 Å². The Labute approximate surface area is 147 Å². The second-order valence-electron chi connectivity index (χ2n) is 7.93. The van der Waals surface area contributed by atoms with Gasteiger partial charge >= 0.3 is 0 Å². The molecule has 1 aromatic carbocycles. The lowest BCUT2D eigenvalue weighted by Crippen LogP contribution is -2.60. The van der Waals surface area contributed by atoms with Crippen molar-refractivity contribution in [1.82, 2.24) is 15.5 Å². The maximum Gasteiger partial charge on any atom is 0.233 e. The number of halogens is 1. The van der Waals surface area contributed by atoms with E-state index in [0.717, 1.165) is 12.8 Å². The van der Waals surface area contributed by atoms with E-state index in [4.69, 9.17) is 4.74 Å². The molecule has 0 atom stereocenters. The first-order valence-electron chi connectivity index (χ1n) is 8.43. The second kappa shape index (κ2) is 6.26. The van der Waals surface area contributed by atoms with Crippen molar-refractivity contribution >= 4 is 0 Å². The van der Waals surface area contributed by atoms with E-state index < -0.39 is 5.82 Å². The molecule has 0 saturated carbocycles. The van der Waals surface area contributed by atoms with Crippen LogP contribution in [0.25, 0.3) is 11.3 Å². The monoisotopic (exact) mass is 345 g/mol. The molecule has 0 unspecified atom stereocenters. The van der Waals surface area contributed by atoms with E-state index in [2.05, 4.69) is 43.2 Å². The van der Waals surface area contributed by atoms with Crippen molar-refractivity contribution < 1.29 is 14.2 Å². The highest BCUT2D eigenvalue weighted by atomic mass is 19.1. The van der Waals surface area contributed by atoms with Crippen LogP contribution in [0.1, 0.15) is 40.5 Å². The molecule has 0 amide bonds. The zero-order chi connectivity index (χ0) is 18.2. The van der Waals surface area contributed by atoms with Crippen molar-refractivity contribution in [3.63, 3.8) is 0 Å². The van der Waals surface area contributed by atoms with Gasteiger partial charge in [0.1, 0.15) is 17.7 Å². The van der Waals surface area contributed by atoms with Crippen LogP contribution in [0.4, 0.5) is 4.39 Å². The molecule has 6 heteroatoms. The van der Waals surface area contributed by atoms with Crippen LogP contribution in [0.3, 0.4) is 0 Å². The summed E-state index contributed by atoms with van der Waals surface area (Å²) in [6.45, 7) is 8.61. The van der Waals surface area contributed by atoms with Crippen molar-refractivity contribution in [1.29, 1.82) is 0 Å². The average Bonchev–Trinajstić information content (AvgIpc) is 2.45. The summed E-state index contributed by atoms with van der Waals surface area (Å²) in [6.07, 6.45) is 1.73. The number of aromatic hydroxyl groups is 1. The highest BCUT2D eigenvalue weighted by Crippen LogP contribution is 2.32. The minimum atomic E-state index is -0.537. The Bertz CT molecular complexity index is 724. The fourth-order valence-corrected chi connectivity index (χ4v) is 3.77. The number of phenolic OH excluding ortho intramolecular Hbond substituents is 1. The van der Waals surface area contributed by atoms with Gasteiger partial charge in [-0.25, -0.2) is 4.39 Å². The van der Waals surface area contributed by atoms with Crippen LogP contribution < -0.4 is 10.1 Å². The van der Waals surface area contributed by atoms with E-state index in [1.807, 2.05) is 0 Å². The SMILES string of the molecule is CC1(C)CC(Oc2ccc(-c3c(O)cccc3F)nn2)CC(C)(C)N1. The molecule has 25 heavy (non-hydrogen) atoms. The fourth-order valence-electron chi connectivity index (χ4n) is 3.77. The summed E-state index contributed by atoms with van der Waals surface area (Å²) in [5, 5.41) is 21.5.